The van der Waals surface area contributed by atoms with Crippen LogP contribution in [0.1, 0.15) is 0 Å². The summed E-state index contributed by atoms with van der Waals surface area (Å²) in [6.07, 6.45) is 0. The Labute approximate surface area is 57.8 Å². The summed E-state index contributed by atoms with van der Waals surface area (Å²) in [4.78, 5) is 3.80. The lowest BCUT2D eigenvalue weighted by Gasteiger charge is -1.66. The normalized spacial score (nSPS) is 17.3. The molecule has 0 saturated heterocycles. The lowest BCUT2D eigenvalue weighted by Crippen LogP contribution is -1.69. The van der Waals surface area contributed by atoms with Gasteiger partial charge in [0.15, 0.2) is 0 Å². The van der Waals surface area contributed by atoms with Gasteiger partial charge in [0.05, 0.1) is 0 Å². The van der Waals surface area contributed by atoms with Gasteiger partial charge in [-0.2, -0.15) is 0 Å². The first kappa shape index (κ1) is 6.79. The molecule has 0 saturated carbocycles. The van der Waals surface area contributed by atoms with Gasteiger partial charge in [-0.15, -0.1) is 11.8 Å². The van der Waals surface area contributed by atoms with Crippen molar-refractivity contribution in [2.75, 3.05) is 12.3 Å². The van der Waals surface area contributed by atoms with Gasteiger partial charge in [0.1, 0.15) is 5.55 Å². The molecular weight excluding hydrogens is 106 g/mol. The molecule has 1 aliphatic rings. The number of rotatable bonds is 0. The number of hydrogen-bond donors (Lipinski definition) is 0. The van der Waals surface area contributed by atoms with Gasteiger partial charge in [-0.25, -0.2) is 0 Å². The van der Waals surface area contributed by atoms with E-state index in [4.69, 9.17) is 0 Å². The average Bonchev–Trinajstić information content (AvgIpc) is 1.76. The third kappa shape index (κ3) is 2.05. The fourth-order valence-corrected chi connectivity index (χ4v) is 0.685. The summed E-state index contributed by atoms with van der Waals surface area (Å²) in [6, 6.07) is 0. The van der Waals surface area contributed by atoms with Crippen LogP contribution in [0.3, 0.4) is 0 Å². The van der Waals surface area contributed by atoms with Crippen LogP contribution in [-0.4, -0.2) is 40.9 Å². The summed E-state index contributed by atoms with van der Waals surface area (Å²) in [6.45, 7) is 0.977. The van der Waals surface area contributed by atoms with Gasteiger partial charge < -0.3 is 0 Å². The molecule has 3 heteroatoms. The van der Waals surface area contributed by atoms with Crippen molar-refractivity contribution in [3.05, 3.63) is 0 Å². The molecule has 1 aliphatic heterocycles. The summed E-state index contributed by atoms with van der Waals surface area (Å²) >= 11 is 1.66. The monoisotopic (exact) mass is 112 g/mol. The van der Waals surface area contributed by atoms with Crippen molar-refractivity contribution in [2.24, 2.45) is 4.99 Å². The van der Waals surface area contributed by atoms with E-state index in [9.17, 15) is 0 Å². The van der Waals surface area contributed by atoms with Gasteiger partial charge in [-0.05, 0) is 0 Å². The maximum atomic E-state index is 3.80. The van der Waals surface area contributed by atoms with Gasteiger partial charge in [0, 0.05) is 12.3 Å². The van der Waals surface area contributed by atoms with Gasteiger partial charge in [0.25, 0.3) is 0 Å². The molecular formula is C3H6MgNS. The second kappa shape index (κ2) is 3.96. The zero-order valence-corrected chi connectivity index (χ0v) is 3.59. The first-order chi connectivity index (χ1) is 2.50. The molecule has 31 valence electrons. The molecule has 0 aromatic heterocycles. The maximum Gasteiger partial charge on any atom is 0.316 e. The highest BCUT2D eigenvalue weighted by atomic mass is 32.2. The van der Waals surface area contributed by atoms with Crippen LogP contribution in [0.5, 0.6) is 0 Å². The van der Waals surface area contributed by atoms with E-state index in [1.54, 1.807) is 11.8 Å². The van der Waals surface area contributed by atoms with Crippen molar-refractivity contribution in [1.82, 2.24) is 0 Å². The third-order valence-corrected chi connectivity index (χ3v) is 1.08. The van der Waals surface area contributed by atoms with Gasteiger partial charge in [-0.1, -0.05) is 0 Å². The molecule has 0 aromatic rings. The number of thioether (sulfide) groups is 1. The topological polar surface area (TPSA) is 12.4 Å². The minimum atomic E-state index is 0. The highest BCUT2D eigenvalue weighted by Crippen LogP contribution is 1.99. The Morgan fingerprint density at radius 1 is 1.67 bits per heavy atom. The Morgan fingerprint density at radius 2 is 2.50 bits per heavy atom. The third-order valence-electron chi connectivity index (χ3n) is 0.434. The number of aliphatic imine (C=N–C) groups is 1. The molecule has 0 aromatic carbocycles. The van der Waals surface area contributed by atoms with Crippen molar-refractivity contribution < 1.29 is 0 Å². The van der Waals surface area contributed by atoms with Crippen LogP contribution in [-0.2, 0) is 0 Å². The largest absolute Gasteiger partial charge is 0.316 e. The molecule has 6 heavy (non-hydrogen) atoms. The Balaban J connectivity index is 0.000000250. The van der Waals surface area contributed by atoms with E-state index in [1.807, 2.05) is 0 Å². The fraction of sp³-hybridized carbons (Fsp3) is 0.667. The van der Waals surface area contributed by atoms with Gasteiger partial charge in [0.2, 0.25) is 0 Å². The lowest BCUT2D eigenvalue weighted by molar-refractivity contribution is 1.18. The van der Waals surface area contributed by atoms with Crippen LogP contribution in [0.2, 0.25) is 0 Å². The molecule has 1 radical (unpaired) electrons. The molecule has 0 aliphatic carbocycles. The number of hydrogen-bond acceptors (Lipinski definition) is 2. The SMILES string of the molecule is [C]1=NCCS1.[MgH2]. The van der Waals surface area contributed by atoms with Gasteiger partial charge in [-0.3, -0.25) is 4.99 Å². The molecule has 0 atom stereocenters. The van der Waals surface area contributed by atoms with Crippen molar-refractivity contribution in [2.45, 2.75) is 0 Å². The molecule has 1 rings (SSSR count). The van der Waals surface area contributed by atoms with E-state index in [0.29, 0.717) is 0 Å². The summed E-state index contributed by atoms with van der Waals surface area (Å²) in [5.74, 6) is 1.14. The van der Waals surface area contributed by atoms with E-state index in [-0.39, 0.29) is 23.1 Å². The maximum absolute atomic E-state index is 3.80. The van der Waals surface area contributed by atoms with E-state index >= 15 is 0 Å². The predicted octanol–water partition coefficient (Wildman–Crippen LogP) is -0.278. The molecule has 0 fully saturated rings. The molecule has 0 unspecified atom stereocenters. The zero-order valence-electron chi connectivity index (χ0n) is 2.77. The summed E-state index contributed by atoms with van der Waals surface area (Å²) in [5.41, 5.74) is 2.76. The summed E-state index contributed by atoms with van der Waals surface area (Å²) in [7, 11) is 0. The quantitative estimate of drug-likeness (QED) is 0.393. The van der Waals surface area contributed by atoms with E-state index in [1.165, 1.54) is 0 Å². The first-order valence-corrected chi connectivity index (χ1v) is 2.52. The van der Waals surface area contributed by atoms with Crippen molar-refractivity contribution >= 4 is 40.4 Å². The fourth-order valence-electron chi connectivity index (χ4n) is 0.228. The lowest BCUT2D eigenvalue weighted by atomic mass is 10.8. The zero-order chi connectivity index (χ0) is 3.54. The number of nitrogens with zero attached hydrogens (tertiary/aromatic N) is 1. The van der Waals surface area contributed by atoms with Gasteiger partial charge >= 0.3 is 23.1 Å². The average molecular weight is 112 g/mol. The Hall–Kier alpha value is 0.786. The van der Waals surface area contributed by atoms with Crippen LogP contribution in [0.25, 0.3) is 0 Å². The summed E-state index contributed by atoms with van der Waals surface area (Å²) in [5, 5.41) is 0. The van der Waals surface area contributed by atoms with Crippen molar-refractivity contribution in [1.29, 1.82) is 0 Å². The Morgan fingerprint density at radius 3 is 2.67 bits per heavy atom. The molecule has 1 heterocycles. The van der Waals surface area contributed by atoms with Crippen LogP contribution in [0.4, 0.5) is 0 Å². The predicted molar refractivity (Wildman–Crippen MR) is 33.3 cm³/mol. The van der Waals surface area contributed by atoms with E-state index in [2.05, 4.69) is 10.5 Å². The highest BCUT2D eigenvalue weighted by Gasteiger charge is 1.87. The molecule has 0 amide bonds. The summed E-state index contributed by atoms with van der Waals surface area (Å²) < 4.78 is 0. The molecule has 0 N–H and O–H groups in total. The van der Waals surface area contributed by atoms with Crippen LogP contribution < -0.4 is 0 Å². The smallest absolute Gasteiger partial charge is 0.275 e. The Bertz CT molecular complexity index is 48.8. The minimum Gasteiger partial charge on any atom is -0.275 e. The van der Waals surface area contributed by atoms with E-state index < -0.39 is 0 Å². The van der Waals surface area contributed by atoms with E-state index in [0.717, 1.165) is 12.3 Å². The highest BCUT2D eigenvalue weighted by molar-refractivity contribution is 8.12. The van der Waals surface area contributed by atoms with Crippen molar-refractivity contribution in [3.8, 4) is 0 Å². The Kier molecular flexibility index (Phi) is 4.48. The van der Waals surface area contributed by atoms with Crippen molar-refractivity contribution in [3.63, 3.8) is 0 Å². The minimum absolute atomic E-state index is 0. The molecule has 0 bridgehead atoms. The van der Waals surface area contributed by atoms with Crippen LogP contribution >= 0.6 is 11.8 Å². The van der Waals surface area contributed by atoms with Crippen LogP contribution in [0.15, 0.2) is 4.99 Å². The standard InChI is InChI=1S/C3H4NS.Mg.2H/c1-2-5-3-4-1;;;/h1-2H2;;;. The first-order valence-electron chi connectivity index (χ1n) is 1.53. The molecule has 1 nitrogen and oxygen atoms in total. The molecule has 0 spiro atoms. The second-order valence-electron chi connectivity index (χ2n) is 0.821. The second-order valence-corrected chi connectivity index (χ2v) is 1.70. The van der Waals surface area contributed by atoms with Crippen LogP contribution in [0, 0.1) is 0 Å².